The van der Waals surface area contributed by atoms with Crippen LogP contribution in [0.5, 0.6) is 0 Å². The largest absolute Gasteiger partial charge is 0.286 e. The molecule has 0 saturated heterocycles. The van der Waals surface area contributed by atoms with E-state index in [1.165, 1.54) is 0 Å². The molecule has 106 valence electrons. The van der Waals surface area contributed by atoms with Crippen LogP contribution in [0, 0.1) is 5.41 Å². The Balaban J connectivity index is 2.22. The Hall–Kier alpha value is -1.05. The average molecular weight is 308 g/mol. The quantitative estimate of drug-likeness (QED) is 0.632. The monoisotopic (exact) mass is 307 g/mol. The molecule has 0 amide bonds. The standard InChI is InChI=1S/C17H19Cl2N/c1-16(2,13-6-4-7-14(18)10-13)20-12-17(3)9-5-8-15(19)11-17/h4-10,12H,11H2,1-3H3. The second-order valence-corrected chi connectivity index (χ2v) is 6.90. The second kappa shape index (κ2) is 5.75. The van der Waals surface area contributed by atoms with E-state index < -0.39 is 0 Å². The molecule has 1 aromatic rings. The summed E-state index contributed by atoms with van der Waals surface area (Å²) in [6, 6.07) is 7.84. The van der Waals surface area contributed by atoms with Gasteiger partial charge in [0.1, 0.15) is 0 Å². The number of aliphatic imine (C=N–C) groups is 1. The molecule has 0 radical (unpaired) electrons. The highest BCUT2D eigenvalue weighted by molar-refractivity contribution is 6.30. The number of allylic oxidation sites excluding steroid dienone is 4. The molecule has 0 N–H and O–H groups in total. The minimum atomic E-state index is -0.310. The number of nitrogens with zero attached hydrogens (tertiary/aromatic N) is 1. The first-order chi connectivity index (χ1) is 9.31. The van der Waals surface area contributed by atoms with Gasteiger partial charge >= 0.3 is 0 Å². The highest BCUT2D eigenvalue weighted by Crippen LogP contribution is 2.33. The molecule has 0 saturated carbocycles. The van der Waals surface area contributed by atoms with Gasteiger partial charge in [0, 0.05) is 21.7 Å². The van der Waals surface area contributed by atoms with Gasteiger partial charge in [-0.05, 0) is 44.0 Å². The van der Waals surface area contributed by atoms with Crippen molar-refractivity contribution in [3.63, 3.8) is 0 Å². The number of halogens is 2. The van der Waals surface area contributed by atoms with Crippen molar-refractivity contribution in [1.82, 2.24) is 0 Å². The molecule has 1 atom stereocenters. The van der Waals surface area contributed by atoms with Crippen LogP contribution in [0.3, 0.4) is 0 Å². The van der Waals surface area contributed by atoms with Crippen molar-refractivity contribution in [1.29, 1.82) is 0 Å². The van der Waals surface area contributed by atoms with Gasteiger partial charge in [0.25, 0.3) is 0 Å². The van der Waals surface area contributed by atoms with E-state index in [0.717, 1.165) is 22.0 Å². The molecular formula is C17H19Cl2N. The van der Waals surface area contributed by atoms with E-state index in [1.807, 2.05) is 36.6 Å². The Bertz CT molecular complexity index is 584. The Morgan fingerprint density at radius 2 is 2.05 bits per heavy atom. The fraction of sp³-hybridized carbons (Fsp3) is 0.353. The first-order valence-corrected chi connectivity index (χ1v) is 7.43. The van der Waals surface area contributed by atoms with Gasteiger partial charge in [-0.25, -0.2) is 0 Å². The molecule has 20 heavy (non-hydrogen) atoms. The van der Waals surface area contributed by atoms with Gasteiger partial charge in [-0.3, -0.25) is 4.99 Å². The normalized spacial score (nSPS) is 23.1. The molecular weight excluding hydrogens is 289 g/mol. The molecule has 0 aromatic heterocycles. The molecule has 1 aliphatic rings. The van der Waals surface area contributed by atoms with Crippen LogP contribution in [-0.4, -0.2) is 6.21 Å². The van der Waals surface area contributed by atoms with Crippen LogP contribution in [0.4, 0.5) is 0 Å². The molecule has 2 rings (SSSR count). The van der Waals surface area contributed by atoms with Crippen molar-refractivity contribution < 1.29 is 0 Å². The van der Waals surface area contributed by atoms with E-state index in [-0.39, 0.29) is 11.0 Å². The van der Waals surface area contributed by atoms with Crippen molar-refractivity contribution in [2.75, 3.05) is 0 Å². The summed E-state index contributed by atoms with van der Waals surface area (Å²) in [6.07, 6.45) is 8.85. The molecule has 0 fully saturated rings. The lowest BCUT2D eigenvalue weighted by Gasteiger charge is -2.27. The van der Waals surface area contributed by atoms with Gasteiger partial charge in [-0.15, -0.1) is 0 Å². The van der Waals surface area contributed by atoms with E-state index in [2.05, 4.69) is 32.9 Å². The summed E-state index contributed by atoms with van der Waals surface area (Å²) in [5.41, 5.74) is 0.670. The molecule has 3 heteroatoms. The maximum atomic E-state index is 6.12. The lowest BCUT2D eigenvalue weighted by Crippen LogP contribution is -2.21. The fourth-order valence-corrected chi connectivity index (χ4v) is 2.75. The number of rotatable bonds is 3. The highest BCUT2D eigenvalue weighted by atomic mass is 35.5. The number of hydrogen-bond acceptors (Lipinski definition) is 1. The van der Waals surface area contributed by atoms with E-state index in [0.29, 0.717) is 0 Å². The first-order valence-electron chi connectivity index (χ1n) is 6.67. The van der Waals surface area contributed by atoms with Crippen molar-refractivity contribution in [3.05, 3.63) is 58.1 Å². The molecule has 0 heterocycles. The minimum Gasteiger partial charge on any atom is -0.286 e. The summed E-state index contributed by atoms with van der Waals surface area (Å²) >= 11 is 12.2. The van der Waals surface area contributed by atoms with Crippen LogP contribution < -0.4 is 0 Å². The minimum absolute atomic E-state index is 0.123. The molecule has 1 unspecified atom stereocenters. The van der Waals surface area contributed by atoms with Crippen molar-refractivity contribution in [2.45, 2.75) is 32.7 Å². The third-order valence-corrected chi connectivity index (χ3v) is 4.01. The van der Waals surface area contributed by atoms with Crippen LogP contribution in [0.2, 0.25) is 5.02 Å². The predicted octanol–water partition coefficient (Wildman–Crippen LogP) is 5.73. The van der Waals surface area contributed by atoms with E-state index in [9.17, 15) is 0 Å². The van der Waals surface area contributed by atoms with Crippen LogP contribution in [0.1, 0.15) is 32.8 Å². The highest BCUT2D eigenvalue weighted by Gasteiger charge is 2.25. The summed E-state index contributed by atoms with van der Waals surface area (Å²) in [5, 5.41) is 1.60. The Labute approximate surface area is 131 Å². The zero-order chi connectivity index (χ0) is 14.8. The molecule has 1 aromatic carbocycles. The Morgan fingerprint density at radius 3 is 2.70 bits per heavy atom. The van der Waals surface area contributed by atoms with Gasteiger partial charge in [-0.1, -0.05) is 54.4 Å². The average Bonchev–Trinajstić information content (AvgIpc) is 2.37. The van der Waals surface area contributed by atoms with Crippen molar-refractivity contribution in [3.8, 4) is 0 Å². The van der Waals surface area contributed by atoms with Crippen LogP contribution in [0.25, 0.3) is 0 Å². The summed E-state index contributed by atoms with van der Waals surface area (Å²) in [7, 11) is 0. The molecule has 1 aliphatic carbocycles. The van der Waals surface area contributed by atoms with Crippen LogP contribution >= 0.6 is 23.2 Å². The first kappa shape index (κ1) is 15.3. The topological polar surface area (TPSA) is 12.4 Å². The zero-order valence-corrected chi connectivity index (χ0v) is 13.5. The number of benzene rings is 1. The van der Waals surface area contributed by atoms with Crippen molar-refractivity contribution in [2.24, 2.45) is 10.4 Å². The SMILES string of the molecule is CC1(C=NC(C)(C)c2cccc(Cl)c2)C=CC=C(Cl)C1. The summed E-state index contributed by atoms with van der Waals surface area (Å²) in [4.78, 5) is 4.78. The van der Waals surface area contributed by atoms with Crippen LogP contribution in [0.15, 0.2) is 52.5 Å². The van der Waals surface area contributed by atoms with Gasteiger partial charge in [-0.2, -0.15) is 0 Å². The fourth-order valence-electron chi connectivity index (χ4n) is 2.20. The molecule has 0 spiro atoms. The summed E-state index contributed by atoms with van der Waals surface area (Å²) in [6.45, 7) is 6.31. The van der Waals surface area contributed by atoms with Gasteiger partial charge in [0.2, 0.25) is 0 Å². The lowest BCUT2D eigenvalue weighted by molar-refractivity contribution is 0.537. The van der Waals surface area contributed by atoms with E-state index >= 15 is 0 Å². The molecule has 1 nitrogen and oxygen atoms in total. The summed E-state index contributed by atoms with van der Waals surface area (Å²) in [5.74, 6) is 0. The van der Waals surface area contributed by atoms with Crippen LogP contribution in [-0.2, 0) is 5.54 Å². The second-order valence-electron chi connectivity index (χ2n) is 5.98. The molecule has 0 aliphatic heterocycles. The van der Waals surface area contributed by atoms with Gasteiger partial charge < -0.3 is 0 Å². The van der Waals surface area contributed by atoms with E-state index in [4.69, 9.17) is 28.2 Å². The Kier molecular flexibility index (Phi) is 4.41. The van der Waals surface area contributed by atoms with Gasteiger partial charge in [0.15, 0.2) is 0 Å². The van der Waals surface area contributed by atoms with Crippen molar-refractivity contribution >= 4 is 29.4 Å². The smallest absolute Gasteiger partial charge is 0.0797 e. The van der Waals surface area contributed by atoms with Gasteiger partial charge in [0.05, 0.1) is 5.54 Å². The zero-order valence-electron chi connectivity index (χ0n) is 12.0. The number of hydrogen-bond donors (Lipinski definition) is 0. The third-order valence-electron chi connectivity index (χ3n) is 3.52. The van der Waals surface area contributed by atoms with E-state index in [1.54, 1.807) is 0 Å². The predicted molar refractivity (Wildman–Crippen MR) is 88.8 cm³/mol. The lowest BCUT2D eigenvalue weighted by atomic mass is 9.84. The molecule has 0 bridgehead atoms. The maximum absolute atomic E-state index is 6.12. The maximum Gasteiger partial charge on any atom is 0.0797 e. The summed E-state index contributed by atoms with van der Waals surface area (Å²) < 4.78 is 0. The Morgan fingerprint density at radius 1 is 1.30 bits per heavy atom. The third kappa shape index (κ3) is 3.74.